The highest BCUT2D eigenvalue weighted by Crippen LogP contribution is 2.34. The van der Waals surface area contributed by atoms with E-state index < -0.39 is 0 Å². The molecule has 0 saturated heterocycles. The minimum absolute atomic E-state index is 0.0943. The Morgan fingerprint density at radius 1 is 1.25 bits per heavy atom. The largest absolute Gasteiger partial charge is 0.495 e. The number of fused-ring (bicyclic) bond motifs is 1. The molecule has 2 aromatic carbocycles. The molecule has 1 aliphatic heterocycles. The quantitative estimate of drug-likeness (QED) is 0.607. The van der Waals surface area contributed by atoms with Gasteiger partial charge in [-0.25, -0.2) is 0 Å². The van der Waals surface area contributed by atoms with E-state index in [1.165, 1.54) is 28.7 Å². The summed E-state index contributed by atoms with van der Waals surface area (Å²) < 4.78 is 6.09. The number of hydrogen-bond acceptors (Lipinski definition) is 7. The zero-order chi connectivity index (χ0) is 19.5. The number of nitrogens with zero attached hydrogens (tertiary/aromatic N) is 3. The summed E-state index contributed by atoms with van der Waals surface area (Å²) in [6.07, 6.45) is 0.901. The lowest BCUT2D eigenvalue weighted by Gasteiger charge is -2.22. The zero-order valence-corrected chi connectivity index (χ0v) is 17.2. The number of carbonyl (C=O) groups is 1. The molecule has 3 aromatic rings. The van der Waals surface area contributed by atoms with E-state index in [4.69, 9.17) is 4.74 Å². The van der Waals surface area contributed by atoms with Crippen molar-refractivity contribution in [2.75, 3.05) is 23.1 Å². The third-order valence-corrected chi connectivity index (χ3v) is 6.51. The molecule has 8 heteroatoms. The number of hydrogen-bond donors (Lipinski definition) is 1. The molecule has 1 aromatic heterocycles. The van der Waals surface area contributed by atoms with Crippen LogP contribution in [0.5, 0.6) is 5.75 Å². The highest BCUT2D eigenvalue weighted by Gasteiger charge is 2.30. The Balaban J connectivity index is 1.39. The summed E-state index contributed by atoms with van der Waals surface area (Å²) in [6.45, 7) is 2.09. The van der Waals surface area contributed by atoms with Crippen LogP contribution in [0.25, 0.3) is 0 Å². The van der Waals surface area contributed by atoms with Crippen molar-refractivity contribution in [3.8, 4) is 5.75 Å². The molecule has 0 spiro atoms. The van der Waals surface area contributed by atoms with E-state index in [-0.39, 0.29) is 11.9 Å². The molecule has 4 rings (SSSR count). The van der Waals surface area contributed by atoms with Crippen molar-refractivity contribution in [3.63, 3.8) is 0 Å². The van der Waals surface area contributed by atoms with Gasteiger partial charge in [0.25, 0.3) is 0 Å². The first-order valence-corrected chi connectivity index (χ1v) is 10.7. The number of ether oxygens (including phenoxy) is 1. The predicted molar refractivity (Wildman–Crippen MR) is 114 cm³/mol. The van der Waals surface area contributed by atoms with Crippen LogP contribution in [0.4, 0.5) is 16.5 Å². The molecular weight excluding hydrogens is 392 g/mol. The molecule has 0 aliphatic carbocycles. The van der Waals surface area contributed by atoms with E-state index in [0.29, 0.717) is 10.9 Å². The number of anilines is 3. The molecule has 144 valence electrons. The van der Waals surface area contributed by atoms with E-state index in [0.717, 1.165) is 27.9 Å². The highest BCUT2D eigenvalue weighted by molar-refractivity contribution is 8.01. The van der Waals surface area contributed by atoms with Crippen LogP contribution >= 0.6 is 23.1 Å². The van der Waals surface area contributed by atoms with Gasteiger partial charge in [-0.15, -0.1) is 10.2 Å². The average molecular weight is 413 g/mol. The van der Waals surface area contributed by atoms with E-state index in [1.54, 1.807) is 7.11 Å². The Hall–Kier alpha value is -2.58. The number of carbonyl (C=O) groups excluding carboxylic acids is 1. The van der Waals surface area contributed by atoms with Gasteiger partial charge in [-0.1, -0.05) is 53.4 Å². The van der Waals surface area contributed by atoms with Crippen molar-refractivity contribution in [1.82, 2.24) is 10.2 Å². The minimum atomic E-state index is 0.0943. The number of aromatic nitrogens is 2. The van der Waals surface area contributed by atoms with Crippen molar-refractivity contribution >= 4 is 45.5 Å². The normalized spacial score (nSPS) is 15.4. The summed E-state index contributed by atoms with van der Waals surface area (Å²) in [6, 6.07) is 15.9. The van der Waals surface area contributed by atoms with E-state index >= 15 is 0 Å². The molecule has 1 amide bonds. The zero-order valence-electron chi connectivity index (χ0n) is 15.6. The van der Waals surface area contributed by atoms with Gasteiger partial charge < -0.3 is 15.0 Å². The monoisotopic (exact) mass is 412 g/mol. The molecule has 0 bridgehead atoms. The van der Waals surface area contributed by atoms with Gasteiger partial charge >= 0.3 is 0 Å². The maximum atomic E-state index is 12.8. The number of nitrogens with one attached hydrogen (secondary N) is 1. The van der Waals surface area contributed by atoms with Crippen LogP contribution in [0.3, 0.4) is 0 Å². The van der Waals surface area contributed by atoms with E-state index in [9.17, 15) is 4.79 Å². The first-order valence-electron chi connectivity index (χ1n) is 8.92. The summed E-state index contributed by atoms with van der Waals surface area (Å²) in [5.74, 6) is 1.17. The predicted octanol–water partition coefficient (Wildman–Crippen LogP) is 4.36. The SMILES string of the molecule is COc1ccccc1Nc1nnc(SCC(=O)N2c3ccccc3C[C@@H]2C)s1. The van der Waals surface area contributed by atoms with Crippen LogP contribution in [-0.4, -0.2) is 35.0 Å². The van der Waals surface area contributed by atoms with Crippen LogP contribution in [0, 0.1) is 0 Å². The first-order chi connectivity index (χ1) is 13.7. The number of thioether (sulfide) groups is 1. The van der Waals surface area contributed by atoms with Gasteiger partial charge in [0, 0.05) is 11.7 Å². The number of amides is 1. The van der Waals surface area contributed by atoms with Gasteiger partial charge in [0.2, 0.25) is 11.0 Å². The third-order valence-electron chi connectivity index (χ3n) is 4.55. The fourth-order valence-corrected chi connectivity index (χ4v) is 4.94. The van der Waals surface area contributed by atoms with Crippen molar-refractivity contribution in [1.29, 1.82) is 0 Å². The molecule has 28 heavy (non-hydrogen) atoms. The lowest BCUT2D eigenvalue weighted by atomic mass is 10.1. The number of rotatable bonds is 6. The second kappa shape index (κ2) is 8.20. The van der Waals surface area contributed by atoms with Crippen LogP contribution in [0.15, 0.2) is 52.9 Å². The van der Waals surface area contributed by atoms with Gasteiger partial charge in [-0.05, 0) is 37.1 Å². The van der Waals surface area contributed by atoms with Crippen LogP contribution in [0.1, 0.15) is 12.5 Å². The lowest BCUT2D eigenvalue weighted by molar-refractivity contribution is -0.116. The Labute approximate surface area is 171 Å². The minimum Gasteiger partial charge on any atom is -0.495 e. The summed E-state index contributed by atoms with van der Waals surface area (Å²) >= 11 is 2.84. The number of benzene rings is 2. The molecule has 2 heterocycles. The van der Waals surface area contributed by atoms with Crippen LogP contribution in [0.2, 0.25) is 0 Å². The molecule has 1 atom stereocenters. The molecular formula is C20H20N4O2S2. The van der Waals surface area contributed by atoms with Gasteiger partial charge in [0.1, 0.15) is 5.75 Å². The third kappa shape index (κ3) is 3.83. The van der Waals surface area contributed by atoms with Gasteiger partial charge in [0.15, 0.2) is 4.34 Å². The van der Waals surface area contributed by atoms with Crippen molar-refractivity contribution < 1.29 is 9.53 Å². The summed E-state index contributed by atoms with van der Waals surface area (Å²) in [7, 11) is 1.63. The molecule has 0 fully saturated rings. The molecule has 0 unspecified atom stereocenters. The summed E-state index contributed by atoms with van der Waals surface area (Å²) in [5.41, 5.74) is 3.08. The standard InChI is InChI=1S/C20H20N4O2S2/c1-13-11-14-7-3-5-9-16(14)24(13)18(25)12-27-20-23-22-19(28-20)21-15-8-4-6-10-17(15)26-2/h3-10,13H,11-12H2,1-2H3,(H,21,22)/t13-/m0/s1. The van der Waals surface area contributed by atoms with Crippen molar-refractivity contribution in [2.45, 2.75) is 23.7 Å². The number of para-hydroxylation sites is 3. The van der Waals surface area contributed by atoms with Gasteiger partial charge in [-0.2, -0.15) is 0 Å². The molecule has 0 radical (unpaired) electrons. The molecule has 1 aliphatic rings. The van der Waals surface area contributed by atoms with Crippen LogP contribution in [-0.2, 0) is 11.2 Å². The highest BCUT2D eigenvalue weighted by atomic mass is 32.2. The first kappa shape index (κ1) is 18.8. The van der Waals surface area contributed by atoms with E-state index in [2.05, 4.69) is 28.5 Å². The Morgan fingerprint density at radius 2 is 2.04 bits per heavy atom. The summed E-state index contributed by atoms with van der Waals surface area (Å²) in [5, 5.41) is 12.2. The second-order valence-corrected chi connectivity index (χ2v) is 8.63. The summed E-state index contributed by atoms with van der Waals surface area (Å²) in [4.78, 5) is 14.7. The van der Waals surface area contributed by atoms with E-state index in [1.807, 2.05) is 47.4 Å². The maximum absolute atomic E-state index is 12.8. The fourth-order valence-electron chi connectivity index (χ4n) is 3.32. The number of methoxy groups -OCH3 is 1. The average Bonchev–Trinajstić information content (AvgIpc) is 3.29. The lowest BCUT2D eigenvalue weighted by Crippen LogP contribution is -2.36. The Bertz CT molecular complexity index is 992. The smallest absolute Gasteiger partial charge is 0.237 e. The van der Waals surface area contributed by atoms with Crippen molar-refractivity contribution in [2.24, 2.45) is 0 Å². The fraction of sp³-hybridized carbons (Fsp3) is 0.250. The maximum Gasteiger partial charge on any atom is 0.237 e. The van der Waals surface area contributed by atoms with Gasteiger partial charge in [0.05, 0.1) is 18.6 Å². The second-order valence-electron chi connectivity index (χ2n) is 6.43. The molecule has 0 saturated carbocycles. The molecule has 6 nitrogen and oxygen atoms in total. The Morgan fingerprint density at radius 3 is 2.89 bits per heavy atom. The topological polar surface area (TPSA) is 67.3 Å². The van der Waals surface area contributed by atoms with Gasteiger partial charge in [-0.3, -0.25) is 4.79 Å². The Kier molecular flexibility index (Phi) is 5.50. The van der Waals surface area contributed by atoms with Crippen LogP contribution < -0.4 is 15.0 Å². The molecule has 1 N–H and O–H groups in total. The van der Waals surface area contributed by atoms with Crippen molar-refractivity contribution in [3.05, 3.63) is 54.1 Å².